The maximum Gasteiger partial charge on any atom is 0.165 e. The van der Waals surface area contributed by atoms with E-state index in [-0.39, 0.29) is 5.41 Å². The zero-order chi connectivity index (χ0) is 33.8. The zero-order valence-corrected chi connectivity index (χ0v) is 28.3. The molecule has 0 unspecified atom stereocenters. The van der Waals surface area contributed by atoms with Crippen LogP contribution in [0.25, 0.3) is 88.5 Å². The lowest BCUT2D eigenvalue weighted by molar-refractivity contribution is 0.660. The Morgan fingerprint density at radius 3 is 1.84 bits per heavy atom. The highest BCUT2D eigenvalue weighted by Gasteiger charge is 2.37. The summed E-state index contributed by atoms with van der Waals surface area (Å²) in [6, 6.07) is 56.7. The summed E-state index contributed by atoms with van der Waals surface area (Å²) in [4.78, 5) is 11.0. The number of fused-ring (bicyclic) bond motifs is 6. The molecule has 3 heterocycles. The molecule has 51 heavy (non-hydrogen) atoms. The molecule has 0 saturated heterocycles. The highest BCUT2D eigenvalue weighted by Crippen LogP contribution is 2.53. The van der Waals surface area contributed by atoms with Gasteiger partial charge < -0.3 is 4.57 Å². The Morgan fingerprint density at radius 2 is 1.00 bits per heavy atom. The van der Waals surface area contributed by atoms with Crippen LogP contribution in [-0.4, -0.2) is 19.1 Å². The van der Waals surface area contributed by atoms with Crippen molar-refractivity contribution in [3.63, 3.8) is 0 Å². The molecular formula is C47H32N4. The van der Waals surface area contributed by atoms with Gasteiger partial charge in [-0.2, -0.15) is 0 Å². The summed E-state index contributed by atoms with van der Waals surface area (Å²) in [5.74, 6) is 0.832. The molecule has 3 aromatic heterocycles. The molecule has 1 aliphatic carbocycles. The third-order valence-electron chi connectivity index (χ3n) is 11.1. The van der Waals surface area contributed by atoms with Gasteiger partial charge in [-0.3, -0.25) is 4.57 Å². The fourth-order valence-electron chi connectivity index (χ4n) is 8.89. The van der Waals surface area contributed by atoms with Gasteiger partial charge in [-0.1, -0.05) is 123 Å². The number of rotatable bonds is 3. The molecule has 1 aliphatic rings. The van der Waals surface area contributed by atoms with E-state index < -0.39 is 0 Å². The molecule has 10 aromatic rings. The molecule has 7 aromatic carbocycles. The highest BCUT2D eigenvalue weighted by molar-refractivity contribution is 6.28. The number of nitrogens with zero attached hydrogens (tertiary/aromatic N) is 4. The van der Waals surface area contributed by atoms with Crippen molar-refractivity contribution in [3.8, 4) is 33.9 Å². The van der Waals surface area contributed by atoms with Crippen molar-refractivity contribution in [2.75, 3.05) is 0 Å². The van der Waals surface area contributed by atoms with E-state index in [1.807, 2.05) is 0 Å². The van der Waals surface area contributed by atoms with Crippen LogP contribution >= 0.6 is 0 Å². The van der Waals surface area contributed by atoms with Crippen LogP contribution in [0.2, 0.25) is 0 Å². The first-order valence-electron chi connectivity index (χ1n) is 17.6. The first-order valence-corrected chi connectivity index (χ1v) is 17.6. The van der Waals surface area contributed by atoms with Gasteiger partial charge in [-0.05, 0) is 76.2 Å². The van der Waals surface area contributed by atoms with Gasteiger partial charge in [-0.15, -0.1) is 0 Å². The molecule has 0 fully saturated rings. The normalized spacial score (nSPS) is 13.5. The van der Waals surface area contributed by atoms with Crippen LogP contribution in [0.4, 0.5) is 0 Å². The Labute approximate surface area is 294 Å². The van der Waals surface area contributed by atoms with E-state index in [1.54, 1.807) is 0 Å². The predicted molar refractivity (Wildman–Crippen MR) is 211 cm³/mol. The first kappa shape index (κ1) is 28.3. The Bertz CT molecular complexity index is 3050. The quantitative estimate of drug-likeness (QED) is 0.190. The molecule has 0 atom stereocenters. The van der Waals surface area contributed by atoms with Crippen LogP contribution in [0.5, 0.6) is 0 Å². The zero-order valence-electron chi connectivity index (χ0n) is 28.3. The van der Waals surface area contributed by atoms with Gasteiger partial charge in [0.05, 0.1) is 33.1 Å². The molecule has 0 saturated carbocycles. The summed E-state index contributed by atoms with van der Waals surface area (Å²) in [6.45, 7) is 4.67. The maximum absolute atomic E-state index is 5.52. The molecule has 4 heteroatoms. The van der Waals surface area contributed by atoms with Crippen LogP contribution in [-0.2, 0) is 5.41 Å². The van der Waals surface area contributed by atoms with E-state index in [2.05, 4.69) is 181 Å². The number of aromatic nitrogens is 4. The highest BCUT2D eigenvalue weighted by atomic mass is 15.1. The number of hydrogen-bond acceptors (Lipinski definition) is 2. The SMILES string of the molecule is CC1(C)c2ccccc2-c2c(-c3nc4ccccc4nc3-n3c4cccc5c6ccccc6n(-c6ccccc6)c6cccc3c6c54)cccc21. The van der Waals surface area contributed by atoms with E-state index in [4.69, 9.17) is 9.97 Å². The van der Waals surface area contributed by atoms with E-state index >= 15 is 0 Å². The summed E-state index contributed by atoms with van der Waals surface area (Å²) >= 11 is 0. The molecular weight excluding hydrogens is 621 g/mol. The van der Waals surface area contributed by atoms with Crippen LogP contribution in [0, 0.1) is 0 Å². The molecule has 4 nitrogen and oxygen atoms in total. The summed E-state index contributed by atoms with van der Waals surface area (Å²) in [7, 11) is 0. The van der Waals surface area contributed by atoms with Crippen LogP contribution in [0.3, 0.4) is 0 Å². The van der Waals surface area contributed by atoms with Crippen molar-refractivity contribution in [2.45, 2.75) is 19.3 Å². The molecule has 0 spiro atoms. The molecule has 11 rings (SSSR count). The van der Waals surface area contributed by atoms with Crippen molar-refractivity contribution in [1.29, 1.82) is 0 Å². The molecule has 0 aliphatic heterocycles. The molecule has 0 N–H and O–H groups in total. The van der Waals surface area contributed by atoms with Gasteiger partial charge in [-0.25, -0.2) is 9.97 Å². The number of para-hydroxylation sites is 4. The second-order valence-electron chi connectivity index (χ2n) is 14.2. The minimum absolute atomic E-state index is 0.131. The summed E-state index contributed by atoms with van der Waals surface area (Å²) < 4.78 is 4.78. The number of hydrogen-bond donors (Lipinski definition) is 0. The Morgan fingerprint density at radius 1 is 0.431 bits per heavy atom. The Balaban J connectivity index is 1.33. The van der Waals surface area contributed by atoms with Crippen molar-refractivity contribution < 1.29 is 0 Å². The van der Waals surface area contributed by atoms with E-state index in [0.29, 0.717) is 0 Å². The molecule has 240 valence electrons. The lowest BCUT2D eigenvalue weighted by Crippen LogP contribution is -2.14. The number of benzene rings is 7. The molecule has 0 radical (unpaired) electrons. The van der Waals surface area contributed by atoms with Crippen LogP contribution in [0.1, 0.15) is 25.0 Å². The van der Waals surface area contributed by atoms with Crippen molar-refractivity contribution in [1.82, 2.24) is 19.1 Å². The van der Waals surface area contributed by atoms with E-state index in [1.165, 1.54) is 49.3 Å². The molecule has 0 amide bonds. The fourth-order valence-corrected chi connectivity index (χ4v) is 8.89. The average molecular weight is 653 g/mol. The van der Waals surface area contributed by atoms with Crippen LogP contribution in [0.15, 0.2) is 158 Å². The monoisotopic (exact) mass is 652 g/mol. The van der Waals surface area contributed by atoms with Gasteiger partial charge in [0.25, 0.3) is 0 Å². The molecule has 0 bridgehead atoms. The second-order valence-corrected chi connectivity index (χ2v) is 14.2. The Hall–Kier alpha value is -6.52. The summed E-state index contributed by atoms with van der Waals surface area (Å²) in [6.07, 6.45) is 0. The fraction of sp³-hybridized carbons (Fsp3) is 0.0638. The van der Waals surface area contributed by atoms with Crippen LogP contribution < -0.4 is 0 Å². The topological polar surface area (TPSA) is 35.6 Å². The average Bonchev–Trinajstić information content (AvgIpc) is 3.59. The maximum atomic E-state index is 5.52. The van der Waals surface area contributed by atoms with Crippen molar-refractivity contribution in [3.05, 3.63) is 169 Å². The van der Waals surface area contributed by atoms with E-state index in [9.17, 15) is 0 Å². The third kappa shape index (κ3) is 3.79. The van der Waals surface area contributed by atoms with Gasteiger partial charge >= 0.3 is 0 Å². The van der Waals surface area contributed by atoms with Gasteiger partial charge in [0, 0.05) is 32.8 Å². The van der Waals surface area contributed by atoms with Gasteiger partial charge in [0.1, 0.15) is 5.69 Å². The predicted octanol–water partition coefficient (Wildman–Crippen LogP) is 11.8. The lowest BCUT2D eigenvalue weighted by Gasteiger charge is -2.22. The van der Waals surface area contributed by atoms with Crippen molar-refractivity contribution in [2.24, 2.45) is 0 Å². The van der Waals surface area contributed by atoms with E-state index in [0.717, 1.165) is 50.3 Å². The summed E-state index contributed by atoms with van der Waals surface area (Å²) in [5.41, 5.74) is 14.4. The third-order valence-corrected chi connectivity index (χ3v) is 11.1. The lowest BCUT2D eigenvalue weighted by atomic mass is 9.82. The van der Waals surface area contributed by atoms with Gasteiger partial charge in [0.2, 0.25) is 0 Å². The largest absolute Gasteiger partial charge is 0.309 e. The minimum atomic E-state index is -0.131. The Kier molecular flexibility index (Phi) is 5.70. The first-order chi connectivity index (χ1) is 25.1. The second kappa shape index (κ2) is 10.3. The van der Waals surface area contributed by atoms with Gasteiger partial charge in [0.15, 0.2) is 5.82 Å². The summed E-state index contributed by atoms with van der Waals surface area (Å²) in [5, 5.41) is 4.84. The van der Waals surface area contributed by atoms with Crippen molar-refractivity contribution >= 4 is 54.6 Å². The smallest absolute Gasteiger partial charge is 0.165 e. The standard InChI is InChI=1S/C47H32N4/c1-47(2)34-21-8-6-18-32(34)42-33(20-12-22-35(42)47)45-46(49-37-24-10-9-23-36(37)48-45)51-39-26-13-19-31-30-17-7-11-25-38(30)50(29-15-4-3-5-16-29)40-27-14-28-41(51)44(40)43(31)39/h3-28H,1-2H3. The minimum Gasteiger partial charge on any atom is -0.309 e.